The highest BCUT2D eigenvalue weighted by Gasteiger charge is 2.39. The van der Waals surface area contributed by atoms with Gasteiger partial charge in [0, 0.05) is 11.1 Å². The van der Waals surface area contributed by atoms with Crippen LogP contribution >= 0.6 is 0 Å². The molecular weight excluding hydrogens is 340 g/mol. The van der Waals surface area contributed by atoms with Crippen molar-refractivity contribution in [2.24, 2.45) is 5.73 Å². The summed E-state index contributed by atoms with van der Waals surface area (Å²) in [6, 6.07) is 12.6. The zero-order valence-electron chi connectivity index (χ0n) is 14.5. The second kappa shape index (κ2) is 7.61. The Kier molecular flexibility index (Phi) is 5.72. The van der Waals surface area contributed by atoms with Crippen LogP contribution in [0.1, 0.15) is 29.8 Å². The lowest BCUT2D eigenvalue weighted by molar-refractivity contribution is -0.0996. The third-order valence-corrected chi connectivity index (χ3v) is 4.34. The number of amidine groups is 1. The first-order chi connectivity index (χ1) is 12.1. The predicted molar refractivity (Wildman–Crippen MR) is 96.5 cm³/mol. The number of alkyl halides is 2. The molecule has 0 heterocycles. The van der Waals surface area contributed by atoms with Crippen LogP contribution in [0.15, 0.2) is 48.5 Å². The van der Waals surface area contributed by atoms with Crippen LogP contribution in [0.5, 0.6) is 0 Å². The number of aliphatic hydroxyl groups is 1. The standard InChI is InChI=1S/C19H21F2N3O2/c1-11(19(2,26)18(20)21)24-17(25)15-9-5-13(6-10-15)12-3-7-14(8-4-12)16(22)23/h3-11,18,26H,1-2H3,(H3,22,23)(H,24,25)/t11-,19+/m1/s1. The first-order valence-electron chi connectivity index (χ1n) is 7.99. The van der Waals surface area contributed by atoms with Gasteiger partial charge in [-0.2, -0.15) is 0 Å². The highest BCUT2D eigenvalue weighted by Crippen LogP contribution is 2.22. The van der Waals surface area contributed by atoms with E-state index in [2.05, 4.69) is 5.32 Å². The lowest BCUT2D eigenvalue weighted by atomic mass is 9.98. The van der Waals surface area contributed by atoms with Crippen LogP contribution in [0.2, 0.25) is 0 Å². The lowest BCUT2D eigenvalue weighted by Gasteiger charge is -2.29. The summed E-state index contributed by atoms with van der Waals surface area (Å²) in [5, 5.41) is 19.5. The fraction of sp³-hybridized carbons (Fsp3) is 0.263. The van der Waals surface area contributed by atoms with Crippen molar-refractivity contribution in [1.82, 2.24) is 5.32 Å². The smallest absolute Gasteiger partial charge is 0.268 e. The number of nitrogens with one attached hydrogen (secondary N) is 2. The summed E-state index contributed by atoms with van der Waals surface area (Å²) >= 11 is 0. The van der Waals surface area contributed by atoms with Gasteiger partial charge in [-0.1, -0.05) is 36.4 Å². The molecule has 2 aromatic carbocycles. The van der Waals surface area contributed by atoms with E-state index >= 15 is 0 Å². The third-order valence-electron chi connectivity index (χ3n) is 4.34. The Morgan fingerprint density at radius 3 is 1.88 bits per heavy atom. The molecule has 0 saturated carbocycles. The van der Waals surface area contributed by atoms with E-state index in [0.29, 0.717) is 11.1 Å². The summed E-state index contributed by atoms with van der Waals surface area (Å²) in [6.45, 7) is 2.31. The number of hydrogen-bond acceptors (Lipinski definition) is 3. The molecule has 26 heavy (non-hydrogen) atoms. The average Bonchev–Trinajstić information content (AvgIpc) is 2.61. The molecule has 7 heteroatoms. The van der Waals surface area contributed by atoms with Crippen molar-refractivity contribution in [3.8, 4) is 11.1 Å². The van der Waals surface area contributed by atoms with E-state index < -0.39 is 24.0 Å². The Labute approximate surface area is 150 Å². The molecule has 2 aromatic rings. The topological polar surface area (TPSA) is 99.2 Å². The van der Waals surface area contributed by atoms with Crippen LogP contribution in [0.25, 0.3) is 11.1 Å². The van der Waals surface area contributed by atoms with Crippen LogP contribution in [-0.4, -0.2) is 34.9 Å². The maximum Gasteiger partial charge on any atom is 0.268 e. The second-order valence-electron chi connectivity index (χ2n) is 6.29. The highest BCUT2D eigenvalue weighted by molar-refractivity contribution is 5.96. The number of nitrogens with two attached hydrogens (primary N) is 1. The van der Waals surface area contributed by atoms with Crippen LogP contribution in [0.4, 0.5) is 8.78 Å². The van der Waals surface area contributed by atoms with Gasteiger partial charge in [0.25, 0.3) is 12.3 Å². The van der Waals surface area contributed by atoms with E-state index in [9.17, 15) is 18.7 Å². The van der Waals surface area contributed by atoms with Crippen LogP contribution in [-0.2, 0) is 0 Å². The quantitative estimate of drug-likeness (QED) is 0.470. The van der Waals surface area contributed by atoms with E-state index in [4.69, 9.17) is 11.1 Å². The molecule has 5 N–H and O–H groups in total. The van der Waals surface area contributed by atoms with Crippen molar-refractivity contribution in [3.05, 3.63) is 59.7 Å². The lowest BCUT2D eigenvalue weighted by Crippen LogP contribution is -2.53. The molecule has 0 saturated heterocycles. The number of benzene rings is 2. The molecule has 0 bridgehead atoms. The van der Waals surface area contributed by atoms with Crippen molar-refractivity contribution >= 4 is 11.7 Å². The van der Waals surface area contributed by atoms with Crippen molar-refractivity contribution in [2.45, 2.75) is 31.9 Å². The largest absolute Gasteiger partial charge is 0.384 e. The van der Waals surface area contributed by atoms with Gasteiger partial charge in [-0.05, 0) is 37.1 Å². The highest BCUT2D eigenvalue weighted by atomic mass is 19.3. The fourth-order valence-electron chi connectivity index (χ4n) is 2.27. The van der Waals surface area contributed by atoms with E-state index in [1.807, 2.05) is 12.1 Å². The zero-order chi connectivity index (χ0) is 19.5. The van der Waals surface area contributed by atoms with Crippen LogP contribution in [0, 0.1) is 5.41 Å². The number of carbonyl (C=O) groups is 1. The monoisotopic (exact) mass is 361 g/mol. The number of hydrogen-bond donors (Lipinski definition) is 4. The molecule has 1 amide bonds. The molecule has 2 rings (SSSR count). The number of rotatable bonds is 6. The van der Waals surface area contributed by atoms with Crippen molar-refractivity contribution in [3.63, 3.8) is 0 Å². The second-order valence-corrected chi connectivity index (χ2v) is 6.29. The minimum Gasteiger partial charge on any atom is -0.384 e. The molecule has 5 nitrogen and oxygen atoms in total. The predicted octanol–water partition coefficient (Wildman–Crippen LogP) is 2.77. The Morgan fingerprint density at radius 1 is 1.08 bits per heavy atom. The van der Waals surface area contributed by atoms with E-state index in [-0.39, 0.29) is 5.84 Å². The Hall–Kier alpha value is -2.80. The summed E-state index contributed by atoms with van der Waals surface area (Å²) in [6.07, 6.45) is -2.97. The first kappa shape index (κ1) is 19.5. The number of amides is 1. The minimum absolute atomic E-state index is 0.0163. The molecular formula is C19H21F2N3O2. The van der Waals surface area contributed by atoms with Gasteiger partial charge in [-0.15, -0.1) is 0 Å². The average molecular weight is 361 g/mol. The summed E-state index contributed by atoms with van der Waals surface area (Å²) in [7, 11) is 0. The van der Waals surface area contributed by atoms with Gasteiger partial charge >= 0.3 is 0 Å². The van der Waals surface area contributed by atoms with Crippen molar-refractivity contribution in [1.29, 1.82) is 5.41 Å². The normalized spacial score (nSPS) is 14.5. The number of nitrogen functional groups attached to an aromatic ring is 1. The fourth-order valence-corrected chi connectivity index (χ4v) is 2.27. The summed E-state index contributed by atoms with van der Waals surface area (Å²) in [4.78, 5) is 12.2. The minimum atomic E-state index is -2.97. The van der Waals surface area contributed by atoms with Gasteiger partial charge in [0.15, 0.2) is 0 Å². The van der Waals surface area contributed by atoms with Crippen LogP contribution in [0.3, 0.4) is 0 Å². The molecule has 0 aliphatic rings. The Balaban J connectivity index is 2.11. The van der Waals surface area contributed by atoms with Gasteiger partial charge in [-0.3, -0.25) is 10.2 Å². The molecule has 0 fully saturated rings. The first-order valence-corrected chi connectivity index (χ1v) is 7.99. The summed E-state index contributed by atoms with van der Waals surface area (Å²) in [5.74, 6) is -0.561. The van der Waals surface area contributed by atoms with Gasteiger partial charge in [0.2, 0.25) is 0 Å². The molecule has 2 atom stereocenters. The summed E-state index contributed by atoms with van der Waals surface area (Å²) in [5.41, 5.74) is 5.76. The molecule has 0 radical (unpaired) electrons. The SMILES string of the molecule is C[C@@H](NC(=O)c1ccc(-c2ccc(C(=N)N)cc2)cc1)[C@](C)(O)C(F)F. The molecule has 0 aliphatic carbocycles. The van der Waals surface area contributed by atoms with Crippen molar-refractivity contribution < 1.29 is 18.7 Å². The van der Waals surface area contributed by atoms with E-state index in [1.165, 1.54) is 6.92 Å². The molecule has 0 aromatic heterocycles. The molecule has 138 valence electrons. The van der Waals surface area contributed by atoms with E-state index in [1.54, 1.807) is 36.4 Å². The third kappa shape index (κ3) is 4.23. The van der Waals surface area contributed by atoms with Crippen LogP contribution < -0.4 is 11.1 Å². The summed E-state index contributed by atoms with van der Waals surface area (Å²) < 4.78 is 25.6. The Bertz CT molecular complexity index is 787. The maximum absolute atomic E-state index is 12.8. The van der Waals surface area contributed by atoms with E-state index in [0.717, 1.165) is 18.1 Å². The number of halogens is 2. The maximum atomic E-state index is 12.8. The Morgan fingerprint density at radius 2 is 1.50 bits per heavy atom. The number of carbonyl (C=O) groups excluding carboxylic acids is 1. The van der Waals surface area contributed by atoms with Crippen molar-refractivity contribution in [2.75, 3.05) is 0 Å². The van der Waals surface area contributed by atoms with Gasteiger partial charge < -0.3 is 16.2 Å². The van der Waals surface area contributed by atoms with Gasteiger partial charge in [-0.25, -0.2) is 8.78 Å². The van der Waals surface area contributed by atoms with Gasteiger partial charge in [0.1, 0.15) is 11.4 Å². The molecule has 0 aliphatic heterocycles. The zero-order valence-corrected chi connectivity index (χ0v) is 14.5. The van der Waals surface area contributed by atoms with Gasteiger partial charge in [0.05, 0.1) is 6.04 Å². The molecule has 0 spiro atoms. The molecule has 0 unspecified atom stereocenters.